The van der Waals surface area contributed by atoms with Crippen LogP contribution in [0.1, 0.15) is 125 Å². The molecule has 21 rings (SSSR count). The summed E-state index contributed by atoms with van der Waals surface area (Å²) >= 11 is 0. The number of benzene rings is 14. The number of hydrogen-bond donors (Lipinski definition) is 0. The number of hydrogen-bond acceptors (Lipinski definition) is 6. The van der Waals surface area contributed by atoms with Gasteiger partial charge in [-0.2, -0.15) is 10.5 Å². The number of rotatable bonds is 12. The van der Waals surface area contributed by atoms with E-state index in [4.69, 9.17) is 19.9 Å². The van der Waals surface area contributed by atoms with E-state index in [1.54, 1.807) is 0 Å². The van der Waals surface area contributed by atoms with E-state index in [-0.39, 0.29) is 10.8 Å². The molecule has 3 aliphatic rings. The summed E-state index contributed by atoms with van der Waals surface area (Å²) in [4.78, 5) is 22.3. The molecule has 0 N–H and O–H groups in total. The molecule has 112 heavy (non-hydrogen) atoms. The van der Waals surface area contributed by atoms with Crippen LogP contribution >= 0.6 is 0 Å². The molecule has 8 heteroatoms. The van der Waals surface area contributed by atoms with Crippen LogP contribution in [0.15, 0.2) is 309 Å². The highest BCUT2D eigenvalue weighted by atomic mass is 15.2. The maximum atomic E-state index is 10.0. The van der Waals surface area contributed by atoms with Crippen LogP contribution in [0.2, 0.25) is 0 Å². The van der Waals surface area contributed by atoms with Gasteiger partial charge < -0.3 is 0 Å². The maximum Gasteiger partial charge on any atom is 0.235 e. The van der Waals surface area contributed by atoms with E-state index in [1.165, 1.54) is 60.5 Å². The molecule has 0 bridgehead atoms. The zero-order chi connectivity index (χ0) is 75.3. The minimum Gasteiger partial charge on any atom is -0.278 e. The standard InChI is InChI=1S/C104H72N8/c1-103(2,3)74-52-46-69(47-53-74)92-81-31-19-34-85-96(81)97-87(111(85)101-107-83-32-14-12-26-76(83)99(109-101)71-22-10-7-11-23-71)56-50-66-25-17-29-79(94(66)97)90(92)70-48-54-75(55-49-70)104(4,5)59-73-45-44-72(58-82(73)64-20-8-6-9-21-64)100-77-27-13-15-33-84(77)108-102(110-100)112-86-35-18-30-80-91(68-42-38-63(61-106)39-43-68)89(67-40-36-62(60-105)37-41-67)78-28-16-24-65-51-57-88(112)98(93(65)78)95(80)86/h6,8-10,12-58H,7,11,59H2,1-5H3. The molecule has 0 fully saturated rings. The lowest BCUT2D eigenvalue weighted by molar-refractivity contribution is 0.523. The molecule has 0 aliphatic heterocycles. The third kappa shape index (κ3) is 10.4. The second kappa shape index (κ2) is 25.5. The number of nitriles is 2. The first-order valence-corrected chi connectivity index (χ1v) is 38.6. The fourth-order valence-electron chi connectivity index (χ4n) is 18.4. The van der Waals surface area contributed by atoms with E-state index in [0.29, 0.717) is 23.0 Å². The van der Waals surface area contributed by atoms with Gasteiger partial charge in [-0.15, -0.1) is 0 Å². The average molecular weight is 1430 g/mol. The van der Waals surface area contributed by atoms with Crippen molar-refractivity contribution in [2.75, 3.05) is 0 Å². The van der Waals surface area contributed by atoms with Gasteiger partial charge in [0.15, 0.2) is 0 Å². The predicted molar refractivity (Wildman–Crippen MR) is 461 cm³/mol. The predicted octanol–water partition coefficient (Wildman–Crippen LogP) is 25.3. The third-order valence-corrected chi connectivity index (χ3v) is 23.7. The van der Waals surface area contributed by atoms with Crippen LogP contribution in [0.3, 0.4) is 0 Å². The number of fused-ring (bicyclic) bond motifs is 2. The highest BCUT2D eigenvalue weighted by Gasteiger charge is 2.33. The smallest absolute Gasteiger partial charge is 0.235 e. The highest BCUT2D eigenvalue weighted by molar-refractivity contribution is 6.33. The van der Waals surface area contributed by atoms with Gasteiger partial charge in [-0.25, -0.2) is 19.9 Å². The van der Waals surface area contributed by atoms with Crippen molar-refractivity contribution in [3.63, 3.8) is 0 Å². The van der Waals surface area contributed by atoms with Crippen LogP contribution in [0.5, 0.6) is 0 Å². The zero-order valence-electron chi connectivity index (χ0n) is 62.6. The van der Waals surface area contributed by atoms with Crippen LogP contribution in [-0.4, -0.2) is 29.1 Å². The number of para-hydroxylation sites is 2. The van der Waals surface area contributed by atoms with E-state index in [9.17, 15) is 10.5 Å². The first-order valence-electron chi connectivity index (χ1n) is 38.6. The fourth-order valence-corrected chi connectivity index (χ4v) is 18.4. The Morgan fingerprint density at radius 2 is 0.786 bits per heavy atom. The van der Waals surface area contributed by atoms with Crippen molar-refractivity contribution in [1.29, 1.82) is 10.5 Å². The van der Waals surface area contributed by atoms with E-state index >= 15 is 0 Å². The largest absolute Gasteiger partial charge is 0.278 e. The summed E-state index contributed by atoms with van der Waals surface area (Å²) < 4.78 is 4.59. The highest BCUT2D eigenvalue weighted by Crippen LogP contribution is 2.54. The lowest BCUT2D eigenvalue weighted by Crippen LogP contribution is -2.21. The van der Waals surface area contributed by atoms with Crippen LogP contribution in [0.25, 0.3) is 149 Å². The lowest BCUT2D eigenvalue weighted by Gasteiger charge is -2.28. The van der Waals surface area contributed by atoms with Gasteiger partial charge in [0.2, 0.25) is 11.9 Å². The molecule has 0 radical (unpaired) electrons. The van der Waals surface area contributed by atoms with E-state index in [0.717, 1.165) is 163 Å². The monoisotopic (exact) mass is 1430 g/mol. The SMILES string of the molecule is CC(C)(C)c1ccc(C2=C(c3ccc(C(C)(C)Cc4ccc(-c5nc(-n6c7cccc8c7c7c9c(cccc9ccc76)C(c6ccc(C#N)cc6)=C8c6ccc(C#N)cc6)nc6ccccc56)cc4-c4ccccc4)cc3)c3cccc4ccc5c(c34)c3c2cccc3n5-c2nc(C3=CCCC=C3)c3ccccc3n2)cc1. The van der Waals surface area contributed by atoms with Crippen molar-refractivity contribution >= 4 is 115 Å². The molecule has 18 aromatic rings. The Morgan fingerprint density at radius 1 is 0.348 bits per heavy atom. The molecule has 0 amide bonds. The van der Waals surface area contributed by atoms with Crippen LogP contribution in [0, 0.1) is 22.7 Å². The van der Waals surface area contributed by atoms with Crippen molar-refractivity contribution in [1.82, 2.24) is 29.1 Å². The fraction of sp³-hybridized carbons (Fsp3) is 0.0962. The van der Waals surface area contributed by atoms with Crippen molar-refractivity contribution in [2.45, 2.75) is 64.7 Å². The second-order valence-corrected chi connectivity index (χ2v) is 31.8. The van der Waals surface area contributed by atoms with Crippen molar-refractivity contribution < 1.29 is 0 Å². The molecule has 0 unspecified atom stereocenters. The van der Waals surface area contributed by atoms with Crippen molar-refractivity contribution in [2.24, 2.45) is 0 Å². The summed E-state index contributed by atoms with van der Waals surface area (Å²) in [6.07, 6.45) is 9.56. The molecule has 0 spiro atoms. The summed E-state index contributed by atoms with van der Waals surface area (Å²) in [7, 11) is 0. The van der Waals surface area contributed by atoms with E-state index in [1.807, 2.05) is 24.3 Å². The molecule has 0 saturated heterocycles. The maximum absolute atomic E-state index is 10.0. The Labute approximate surface area is 648 Å². The molecule has 14 aromatic carbocycles. The quantitative estimate of drug-likeness (QED) is 0.121. The van der Waals surface area contributed by atoms with E-state index < -0.39 is 0 Å². The van der Waals surface area contributed by atoms with E-state index in [2.05, 4.69) is 341 Å². The Bertz CT molecular complexity index is 7300. The summed E-state index contributed by atoms with van der Waals surface area (Å²) in [5.41, 5.74) is 29.9. The van der Waals surface area contributed by atoms with Crippen LogP contribution in [-0.2, 0) is 17.3 Å². The minimum atomic E-state index is -0.330. The molecule has 4 aromatic heterocycles. The second-order valence-electron chi connectivity index (χ2n) is 31.8. The molecule has 0 atom stereocenters. The number of allylic oxidation sites excluding steroid dienone is 4. The Hall–Kier alpha value is -14.2. The topological polar surface area (TPSA) is 109 Å². The van der Waals surface area contributed by atoms with Gasteiger partial charge in [0.05, 0.1) is 67.8 Å². The number of aromatic nitrogens is 6. The Kier molecular flexibility index (Phi) is 15.0. The lowest BCUT2D eigenvalue weighted by atomic mass is 9.76. The van der Waals surface area contributed by atoms with Gasteiger partial charge in [-0.05, 0) is 219 Å². The Morgan fingerprint density at radius 3 is 1.28 bits per heavy atom. The van der Waals surface area contributed by atoms with Gasteiger partial charge >= 0.3 is 0 Å². The molecule has 8 nitrogen and oxygen atoms in total. The third-order valence-electron chi connectivity index (χ3n) is 23.7. The van der Waals surface area contributed by atoms with Crippen molar-refractivity contribution in [3.05, 3.63) is 387 Å². The molecule has 528 valence electrons. The normalized spacial score (nSPS) is 13.5. The summed E-state index contributed by atoms with van der Waals surface area (Å²) in [6.45, 7) is 11.6. The number of nitrogens with zero attached hydrogens (tertiary/aromatic N) is 8. The van der Waals surface area contributed by atoms with Gasteiger partial charge in [-0.1, -0.05) is 277 Å². The first-order chi connectivity index (χ1) is 54.8. The van der Waals surface area contributed by atoms with Gasteiger partial charge in [0, 0.05) is 37.9 Å². The van der Waals surface area contributed by atoms with Gasteiger partial charge in [-0.3, -0.25) is 9.13 Å². The molecular formula is C104H72N8. The average Bonchev–Trinajstić information content (AvgIpc) is 1.54. The molecular weight excluding hydrogens is 1360 g/mol. The Balaban J connectivity index is 0.695. The van der Waals surface area contributed by atoms with Crippen molar-refractivity contribution in [3.8, 4) is 46.4 Å². The van der Waals surface area contributed by atoms with Crippen LogP contribution < -0.4 is 0 Å². The van der Waals surface area contributed by atoms with Gasteiger partial charge in [0.1, 0.15) is 0 Å². The zero-order valence-corrected chi connectivity index (χ0v) is 62.6. The minimum absolute atomic E-state index is 0.0354. The summed E-state index contributed by atoms with van der Waals surface area (Å²) in [5.74, 6) is 1.23. The summed E-state index contributed by atoms with van der Waals surface area (Å²) in [5, 5.41) is 31.2. The molecule has 3 aliphatic carbocycles. The summed E-state index contributed by atoms with van der Waals surface area (Å²) in [6, 6.07) is 110. The van der Waals surface area contributed by atoms with Gasteiger partial charge in [0.25, 0.3) is 0 Å². The molecule has 4 heterocycles. The first kappa shape index (κ1) is 66.1. The van der Waals surface area contributed by atoms with Crippen LogP contribution in [0.4, 0.5) is 0 Å². The molecule has 0 saturated carbocycles.